The number of amides is 1. The lowest BCUT2D eigenvalue weighted by Crippen LogP contribution is -2.47. The first-order valence-electron chi connectivity index (χ1n) is 7.23. The molecule has 0 aliphatic heterocycles. The van der Waals surface area contributed by atoms with Gasteiger partial charge in [0.05, 0.1) is 13.4 Å². The summed E-state index contributed by atoms with van der Waals surface area (Å²) in [5.41, 5.74) is 0. The Balaban J connectivity index is 2.45. The average Bonchev–Trinajstić information content (AvgIpc) is 3.08. The quantitative estimate of drug-likeness (QED) is 0.576. The highest BCUT2D eigenvalue weighted by molar-refractivity contribution is 5.90. The minimum absolute atomic E-state index is 0.0963. The third kappa shape index (κ3) is 6.37. The summed E-state index contributed by atoms with van der Waals surface area (Å²) >= 11 is 0. The molecule has 0 aliphatic carbocycles. The highest BCUT2D eigenvalue weighted by atomic mass is 16.5. The van der Waals surface area contributed by atoms with Gasteiger partial charge in [0.15, 0.2) is 6.61 Å². The van der Waals surface area contributed by atoms with Crippen LogP contribution in [-0.2, 0) is 23.9 Å². The summed E-state index contributed by atoms with van der Waals surface area (Å²) in [7, 11) is 1.25. The number of ether oxygens (including phenoxy) is 2. The number of rotatable bonds is 8. The summed E-state index contributed by atoms with van der Waals surface area (Å²) in [5.74, 6) is -1.39. The maximum absolute atomic E-state index is 11.8. The van der Waals surface area contributed by atoms with Crippen molar-refractivity contribution in [3.8, 4) is 0 Å². The van der Waals surface area contributed by atoms with Gasteiger partial charge in [-0.05, 0) is 24.1 Å². The summed E-state index contributed by atoms with van der Waals surface area (Å²) in [5, 5.41) is 2.51. The van der Waals surface area contributed by atoms with Crippen molar-refractivity contribution in [2.24, 2.45) is 5.92 Å². The molecule has 0 aliphatic rings. The molecule has 7 nitrogen and oxygen atoms in total. The van der Waals surface area contributed by atoms with Gasteiger partial charge in [0.2, 0.25) is 0 Å². The van der Waals surface area contributed by atoms with Gasteiger partial charge in [-0.3, -0.25) is 4.79 Å². The molecule has 7 heteroatoms. The van der Waals surface area contributed by atoms with Gasteiger partial charge in [0.1, 0.15) is 11.8 Å². The molecule has 0 aromatic carbocycles. The number of carbonyl (C=O) groups excluding carboxylic acids is 3. The Kier molecular flexibility index (Phi) is 7.59. The van der Waals surface area contributed by atoms with Gasteiger partial charge in [-0.25, -0.2) is 9.59 Å². The Hall–Kier alpha value is -2.57. The van der Waals surface area contributed by atoms with E-state index in [9.17, 15) is 14.4 Å². The number of hydrogen-bond acceptors (Lipinski definition) is 6. The first kappa shape index (κ1) is 18.5. The summed E-state index contributed by atoms with van der Waals surface area (Å²) in [4.78, 5) is 34.9. The lowest BCUT2D eigenvalue weighted by molar-refractivity contribution is -0.148. The first-order valence-corrected chi connectivity index (χ1v) is 7.23. The Morgan fingerprint density at radius 2 is 2.13 bits per heavy atom. The number of nitrogens with one attached hydrogen (secondary N) is 1. The number of carbonyl (C=O) groups is 3. The number of furan rings is 1. The van der Waals surface area contributed by atoms with E-state index in [-0.39, 0.29) is 5.92 Å². The van der Waals surface area contributed by atoms with Crippen LogP contribution in [0, 0.1) is 5.92 Å². The predicted molar refractivity (Wildman–Crippen MR) is 82.1 cm³/mol. The van der Waals surface area contributed by atoms with E-state index in [0.717, 1.165) is 6.08 Å². The van der Waals surface area contributed by atoms with E-state index in [0.29, 0.717) is 12.2 Å². The van der Waals surface area contributed by atoms with E-state index >= 15 is 0 Å². The van der Waals surface area contributed by atoms with Crippen molar-refractivity contribution in [3.63, 3.8) is 0 Å². The summed E-state index contributed by atoms with van der Waals surface area (Å²) in [6, 6.07) is 2.58. The van der Waals surface area contributed by atoms with Crippen LogP contribution in [0.25, 0.3) is 6.08 Å². The van der Waals surface area contributed by atoms with Gasteiger partial charge >= 0.3 is 11.9 Å². The lowest BCUT2D eigenvalue weighted by atomic mass is 9.99. The molecule has 1 aromatic rings. The van der Waals surface area contributed by atoms with Crippen molar-refractivity contribution >= 4 is 23.9 Å². The fourth-order valence-corrected chi connectivity index (χ4v) is 1.73. The number of esters is 2. The van der Waals surface area contributed by atoms with Crippen LogP contribution in [0.15, 0.2) is 28.9 Å². The number of methoxy groups -OCH3 is 1. The molecule has 0 spiro atoms. The van der Waals surface area contributed by atoms with Crippen molar-refractivity contribution < 1.29 is 28.3 Å². The highest BCUT2D eigenvalue weighted by Crippen LogP contribution is 2.09. The molecule has 1 aromatic heterocycles. The Morgan fingerprint density at radius 3 is 2.70 bits per heavy atom. The zero-order valence-electron chi connectivity index (χ0n) is 13.4. The molecule has 0 radical (unpaired) electrons. The van der Waals surface area contributed by atoms with E-state index in [2.05, 4.69) is 10.1 Å². The van der Waals surface area contributed by atoms with E-state index in [4.69, 9.17) is 9.15 Å². The maximum Gasteiger partial charge on any atom is 0.331 e. The summed E-state index contributed by atoms with van der Waals surface area (Å²) < 4.78 is 14.5. The molecule has 0 saturated carbocycles. The highest BCUT2D eigenvalue weighted by Gasteiger charge is 2.26. The Bertz CT molecular complexity index is 549. The zero-order valence-corrected chi connectivity index (χ0v) is 13.4. The second-order valence-corrected chi connectivity index (χ2v) is 4.91. The molecular formula is C16H21NO6. The van der Waals surface area contributed by atoms with Crippen LogP contribution in [-0.4, -0.2) is 37.6 Å². The monoisotopic (exact) mass is 323 g/mol. The van der Waals surface area contributed by atoms with Gasteiger partial charge in [-0.15, -0.1) is 0 Å². The van der Waals surface area contributed by atoms with E-state index in [1.165, 1.54) is 19.4 Å². The summed E-state index contributed by atoms with van der Waals surface area (Å²) in [6.45, 7) is 3.23. The molecule has 2 atom stereocenters. The average molecular weight is 323 g/mol. The molecule has 23 heavy (non-hydrogen) atoms. The maximum atomic E-state index is 11.8. The molecule has 1 heterocycles. The van der Waals surface area contributed by atoms with Crippen LogP contribution in [0.3, 0.4) is 0 Å². The van der Waals surface area contributed by atoms with Gasteiger partial charge in [0.25, 0.3) is 5.91 Å². The van der Waals surface area contributed by atoms with Crippen molar-refractivity contribution in [2.45, 2.75) is 26.3 Å². The van der Waals surface area contributed by atoms with Crippen molar-refractivity contribution in [1.29, 1.82) is 0 Å². The molecule has 0 fully saturated rings. The molecule has 1 rings (SSSR count). The van der Waals surface area contributed by atoms with Crippen LogP contribution >= 0.6 is 0 Å². The SMILES string of the molecule is CC[C@H](C)[C@H](NC(=O)COC(=O)/C=C/c1ccco1)C(=O)OC. The summed E-state index contributed by atoms with van der Waals surface area (Å²) in [6.07, 6.45) is 4.74. The molecule has 0 saturated heterocycles. The minimum atomic E-state index is -0.769. The van der Waals surface area contributed by atoms with Crippen LogP contribution in [0.1, 0.15) is 26.0 Å². The normalized spacial score (nSPS) is 13.3. The second-order valence-electron chi connectivity index (χ2n) is 4.91. The lowest BCUT2D eigenvalue weighted by Gasteiger charge is -2.21. The van der Waals surface area contributed by atoms with Crippen LogP contribution < -0.4 is 5.32 Å². The molecular weight excluding hydrogens is 302 g/mol. The largest absolute Gasteiger partial charge is 0.467 e. The third-order valence-electron chi connectivity index (χ3n) is 3.26. The molecule has 126 valence electrons. The molecule has 0 unspecified atom stereocenters. The van der Waals surface area contributed by atoms with Gasteiger partial charge in [-0.2, -0.15) is 0 Å². The van der Waals surface area contributed by atoms with Gasteiger partial charge in [-0.1, -0.05) is 20.3 Å². The Labute approximate surface area is 134 Å². The van der Waals surface area contributed by atoms with Crippen molar-refractivity contribution in [2.75, 3.05) is 13.7 Å². The van der Waals surface area contributed by atoms with Crippen LogP contribution in [0.5, 0.6) is 0 Å². The third-order valence-corrected chi connectivity index (χ3v) is 3.26. The van der Waals surface area contributed by atoms with Crippen molar-refractivity contribution in [1.82, 2.24) is 5.32 Å². The molecule has 1 N–H and O–H groups in total. The first-order chi connectivity index (χ1) is 11.0. The fourth-order valence-electron chi connectivity index (χ4n) is 1.73. The standard InChI is InChI=1S/C16H21NO6/c1-4-11(2)15(16(20)21-3)17-13(18)10-23-14(19)8-7-12-6-5-9-22-12/h5-9,11,15H,4,10H2,1-3H3,(H,17,18)/b8-7+/t11-,15-/m0/s1. The van der Waals surface area contributed by atoms with E-state index in [1.54, 1.807) is 12.1 Å². The van der Waals surface area contributed by atoms with Gasteiger partial charge < -0.3 is 19.2 Å². The fraction of sp³-hybridized carbons (Fsp3) is 0.438. The Morgan fingerprint density at radius 1 is 1.39 bits per heavy atom. The van der Waals surface area contributed by atoms with Gasteiger partial charge in [0, 0.05) is 6.08 Å². The van der Waals surface area contributed by atoms with Crippen LogP contribution in [0.4, 0.5) is 0 Å². The predicted octanol–water partition coefficient (Wildman–Crippen LogP) is 1.54. The number of hydrogen-bond donors (Lipinski definition) is 1. The molecule has 1 amide bonds. The van der Waals surface area contributed by atoms with Crippen molar-refractivity contribution in [3.05, 3.63) is 30.2 Å². The smallest absolute Gasteiger partial charge is 0.331 e. The second kappa shape index (κ2) is 9.45. The zero-order chi connectivity index (χ0) is 17.2. The topological polar surface area (TPSA) is 94.8 Å². The van der Waals surface area contributed by atoms with Crippen LogP contribution in [0.2, 0.25) is 0 Å². The van der Waals surface area contributed by atoms with E-state index in [1.807, 2.05) is 13.8 Å². The van der Waals surface area contributed by atoms with E-state index < -0.39 is 30.5 Å². The minimum Gasteiger partial charge on any atom is -0.467 e. The molecule has 0 bridgehead atoms.